The molecule has 1 atom stereocenters. The number of halogens is 1. The van der Waals surface area contributed by atoms with Gasteiger partial charge in [-0.25, -0.2) is 14.4 Å². The molecule has 4 aromatic rings. The third-order valence-electron chi connectivity index (χ3n) is 5.31. The number of anilines is 3. The van der Waals surface area contributed by atoms with Gasteiger partial charge >= 0.3 is 0 Å². The average Bonchev–Trinajstić information content (AvgIpc) is 3.21. The topological polar surface area (TPSA) is 68.1 Å². The molecule has 2 aromatic carbocycles. The van der Waals surface area contributed by atoms with Gasteiger partial charge in [-0.15, -0.1) is 0 Å². The van der Waals surface area contributed by atoms with E-state index in [9.17, 15) is 4.39 Å². The summed E-state index contributed by atoms with van der Waals surface area (Å²) in [5.74, 6) is 1.30. The van der Waals surface area contributed by atoms with E-state index in [1.54, 1.807) is 35.4 Å². The van der Waals surface area contributed by atoms with Crippen molar-refractivity contribution in [3.63, 3.8) is 0 Å². The Morgan fingerprint density at radius 3 is 2.71 bits per heavy atom. The number of rotatable bonds is 4. The normalized spacial score (nSPS) is 15.3. The summed E-state index contributed by atoms with van der Waals surface area (Å²) in [6.45, 7) is 2.38. The van der Waals surface area contributed by atoms with Crippen LogP contribution < -0.4 is 15.0 Å². The average molecular weight is 416 g/mol. The van der Waals surface area contributed by atoms with Crippen molar-refractivity contribution in [2.75, 3.05) is 23.9 Å². The minimum absolute atomic E-state index is 0.0480. The van der Waals surface area contributed by atoms with E-state index in [-0.39, 0.29) is 11.9 Å². The van der Waals surface area contributed by atoms with E-state index in [4.69, 9.17) is 4.74 Å². The third kappa shape index (κ3) is 3.68. The number of nitrogens with zero attached hydrogens (tertiary/aromatic N) is 5. The minimum Gasteiger partial charge on any atom is -0.486 e. The van der Waals surface area contributed by atoms with E-state index in [0.29, 0.717) is 35.5 Å². The molecule has 7 nitrogen and oxygen atoms in total. The van der Waals surface area contributed by atoms with E-state index in [1.807, 2.05) is 32.2 Å². The number of hydrogen-bond acceptors (Lipinski definition) is 6. The fraction of sp³-hybridized carbons (Fsp3) is 0.174. The summed E-state index contributed by atoms with van der Waals surface area (Å²) in [7, 11) is 1.98. The van der Waals surface area contributed by atoms with Crippen LogP contribution in [0.5, 0.6) is 5.75 Å². The second kappa shape index (κ2) is 7.71. The molecule has 0 radical (unpaired) electrons. The molecule has 8 heteroatoms. The quantitative estimate of drug-likeness (QED) is 0.531. The fourth-order valence-corrected chi connectivity index (χ4v) is 3.68. The third-order valence-corrected chi connectivity index (χ3v) is 5.31. The number of nitrogens with one attached hydrogen (secondary N) is 1. The highest BCUT2D eigenvalue weighted by molar-refractivity contribution is 5.61. The first-order chi connectivity index (χ1) is 15.1. The van der Waals surface area contributed by atoms with E-state index < -0.39 is 0 Å². The van der Waals surface area contributed by atoms with Crippen molar-refractivity contribution in [1.82, 2.24) is 19.5 Å². The van der Waals surface area contributed by atoms with Gasteiger partial charge in [0.2, 0.25) is 5.95 Å². The molecule has 0 spiro atoms. The number of aromatic nitrogens is 4. The number of imidazole rings is 1. The monoisotopic (exact) mass is 416 g/mol. The van der Waals surface area contributed by atoms with Crippen molar-refractivity contribution in [1.29, 1.82) is 0 Å². The minimum atomic E-state index is -0.370. The standard InChI is InChI=1S/C23H21FN6O/c1-15-12-30(14-26-15)19-9-8-17(10-18(19)24)27-23-25-11-21-22(28-23)29(2)20(13-31-21)16-6-4-3-5-7-16/h3-12,14,20H,13H2,1-2H3,(H,25,27,28). The summed E-state index contributed by atoms with van der Waals surface area (Å²) < 4.78 is 22.2. The summed E-state index contributed by atoms with van der Waals surface area (Å²) in [6, 6.07) is 15.1. The maximum atomic E-state index is 14.7. The van der Waals surface area contributed by atoms with Crippen LogP contribution in [-0.4, -0.2) is 33.2 Å². The molecule has 0 aliphatic carbocycles. The number of hydrogen-bond donors (Lipinski definition) is 1. The first-order valence-electron chi connectivity index (χ1n) is 9.93. The van der Waals surface area contributed by atoms with Gasteiger partial charge in [0.1, 0.15) is 12.4 Å². The zero-order valence-corrected chi connectivity index (χ0v) is 17.2. The molecule has 2 aromatic heterocycles. The fourth-order valence-electron chi connectivity index (χ4n) is 3.68. The van der Waals surface area contributed by atoms with Crippen molar-refractivity contribution >= 4 is 17.5 Å². The van der Waals surface area contributed by atoms with Gasteiger partial charge in [-0.3, -0.25) is 0 Å². The number of aryl methyl sites for hydroxylation is 1. The lowest BCUT2D eigenvalue weighted by Crippen LogP contribution is -2.34. The van der Waals surface area contributed by atoms with Crippen LogP contribution in [-0.2, 0) is 0 Å². The van der Waals surface area contributed by atoms with Gasteiger partial charge in [-0.1, -0.05) is 30.3 Å². The van der Waals surface area contributed by atoms with E-state index >= 15 is 0 Å². The Morgan fingerprint density at radius 2 is 1.97 bits per heavy atom. The molecular formula is C23H21FN6O. The molecule has 1 N–H and O–H groups in total. The Labute approximate surface area is 179 Å². The molecule has 0 amide bonds. The van der Waals surface area contributed by atoms with Gasteiger partial charge < -0.3 is 19.5 Å². The second-order valence-electron chi connectivity index (χ2n) is 7.44. The Balaban J connectivity index is 1.39. The van der Waals surface area contributed by atoms with Crippen molar-refractivity contribution < 1.29 is 9.13 Å². The van der Waals surface area contributed by atoms with Gasteiger partial charge in [0.15, 0.2) is 11.6 Å². The molecule has 5 rings (SSSR count). The van der Waals surface area contributed by atoms with Crippen molar-refractivity contribution in [2.45, 2.75) is 13.0 Å². The van der Waals surface area contributed by atoms with Crippen molar-refractivity contribution in [2.24, 2.45) is 0 Å². The summed E-state index contributed by atoms with van der Waals surface area (Å²) in [4.78, 5) is 15.2. The van der Waals surface area contributed by atoms with Crippen LogP contribution in [0.2, 0.25) is 0 Å². The van der Waals surface area contributed by atoms with Crippen LogP contribution in [0.4, 0.5) is 21.8 Å². The van der Waals surface area contributed by atoms with Crippen LogP contribution in [0.3, 0.4) is 0 Å². The molecule has 0 saturated heterocycles. The molecule has 0 fully saturated rings. The van der Waals surface area contributed by atoms with Crippen molar-refractivity contribution in [3.8, 4) is 11.4 Å². The lowest BCUT2D eigenvalue weighted by atomic mass is 10.1. The van der Waals surface area contributed by atoms with Gasteiger partial charge in [-0.2, -0.15) is 4.98 Å². The van der Waals surface area contributed by atoms with Gasteiger partial charge in [-0.05, 0) is 30.7 Å². The predicted molar refractivity (Wildman–Crippen MR) is 117 cm³/mol. The summed E-state index contributed by atoms with van der Waals surface area (Å²) in [5.41, 5.74) is 2.95. The highest BCUT2D eigenvalue weighted by Gasteiger charge is 2.28. The van der Waals surface area contributed by atoms with Crippen LogP contribution in [0.15, 0.2) is 67.3 Å². The SMILES string of the molecule is Cc1cn(-c2ccc(Nc3ncc4c(n3)N(C)C(c3ccccc3)CO4)cc2F)cn1. The Morgan fingerprint density at radius 1 is 1.13 bits per heavy atom. The summed E-state index contributed by atoms with van der Waals surface area (Å²) in [5, 5.41) is 3.08. The molecule has 0 saturated carbocycles. The zero-order valence-electron chi connectivity index (χ0n) is 17.2. The number of likely N-dealkylation sites (N-methyl/N-ethyl adjacent to an activating group) is 1. The Hall–Kier alpha value is -3.94. The molecule has 1 aliphatic heterocycles. The molecule has 1 aliphatic rings. The predicted octanol–water partition coefficient (Wildman–Crippen LogP) is 4.42. The molecule has 0 bridgehead atoms. The van der Waals surface area contributed by atoms with Crippen LogP contribution in [0.1, 0.15) is 17.3 Å². The lowest BCUT2D eigenvalue weighted by molar-refractivity contribution is 0.265. The zero-order chi connectivity index (χ0) is 21.4. The highest BCUT2D eigenvalue weighted by atomic mass is 19.1. The number of fused-ring (bicyclic) bond motifs is 1. The van der Waals surface area contributed by atoms with Crippen molar-refractivity contribution in [3.05, 3.63) is 84.3 Å². The first-order valence-corrected chi connectivity index (χ1v) is 9.93. The molecule has 31 heavy (non-hydrogen) atoms. The smallest absolute Gasteiger partial charge is 0.229 e. The summed E-state index contributed by atoms with van der Waals surface area (Å²) >= 11 is 0. The highest BCUT2D eigenvalue weighted by Crippen LogP contribution is 2.37. The lowest BCUT2D eigenvalue weighted by Gasteiger charge is -2.34. The molecular weight excluding hydrogens is 395 g/mol. The maximum absolute atomic E-state index is 14.7. The maximum Gasteiger partial charge on any atom is 0.229 e. The molecule has 3 heterocycles. The van der Waals surface area contributed by atoms with Crippen LogP contribution >= 0.6 is 0 Å². The Kier molecular flexibility index (Phi) is 4.74. The van der Waals surface area contributed by atoms with Crippen LogP contribution in [0.25, 0.3) is 5.69 Å². The van der Waals surface area contributed by atoms with Gasteiger partial charge in [0.25, 0.3) is 0 Å². The van der Waals surface area contributed by atoms with E-state index in [2.05, 4.69) is 37.3 Å². The molecule has 1 unspecified atom stereocenters. The largest absolute Gasteiger partial charge is 0.486 e. The van der Waals surface area contributed by atoms with Gasteiger partial charge in [0.05, 0.1) is 29.9 Å². The van der Waals surface area contributed by atoms with Crippen LogP contribution in [0, 0.1) is 12.7 Å². The van der Waals surface area contributed by atoms with Gasteiger partial charge in [0, 0.05) is 18.9 Å². The summed E-state index contributed by atoms with van der Waals surface area (Å²) in [6.07, 6.45) is 5.00. The molecule has 156 valence electrons. The number of benzene rings is 2. The number of ether oxygens (including phenoxy) is 1. The first kappa shape index (κ1) is 19.0. The Bertz CT molecular complexity index is 1230. The second-order valence-corrected chi connectivity index (χ2v) is 7.44. The van der Waals surface area contributed by atoms with E-state index in [1.165, 1.54) is 6.07 Å². The van der Waals surface area contributed by atoms with E-state index in [0.717, 1.165) is 11.3 Å².